The minimum Gasteiger partial charge on any atom is -0.277 e. The number of fused-ring (bicyclic) bond motifs is 10. The molecule has 0 saturated heterocycles. The van der Waals surface area contributed by atoms with Crippen LogP contribution < -0.4 is 0 Å². The highest BCUT2D eigenvalue weighted by Crippen LogP contribution is 2.56. The predicted octanol–water partition coefficient (Wildman–Crippen LogP) is 9.76. The molecule has 8 aromatic rings. The summed E-state index contributed by atoms with van der Waals surface area (Å²) in [6, 6.07) is 46.8. The molecule has 6 aromatic carbocycles. The number of para-hydroxylation sites is 1. The standard InChI is InChI=1S/C40H28N4/c1-40(2)31-23-13-11-21-29(31)34-35(40)28-20-10-9-19-27(28)33-30-22-12-14-24-32(30)44(36(33)34)39-42-37(25-15-5-3-6-16-25)41-38(43-39)26-17-7-4-8-18-26/h3-24H,1-2H3. The van der Waals surface area contributed by atoms with E-state index in [1.54, 1.807) is 0 Å². The SMILES string of the molecule is CC1(C)c2ccccc2-c2c1c1ccccc1c1c3ccccc3n(-c3nc(-c4ccccc4)nc(-c4ccccc4)n3)c21. The number of hydrogen-bond donors (Lipinski definition) is 0. The maximum Gasteiger partial charge on any atom is 0.238 e. The maximum absolute atomic E-state index is 5.21. The monoisotopic (exact) mass is 564 g/mol. The fourth-order valence-corrected chi connectivity index (χ4v) is 7.32. The van der Waals surface area contributed by atoms with Gasteiger partial charge in [0, 0.05) is 32.9 Å². The Hall–Kier alpha value is -5.61. The van der Waals surface area contributed by atoms with E-state index < -0.39 is 0 Å². The second kappa shape index (κ2) is 9.19. The van der Waals surface area contributed by atoms with E-state index in [-0.39, 0.29) is 5.41 Å². The van der Waals surface area contributed by atoms with Gasteiger partial charge in [-0.2, -0.15) is 9.97 Å². The molecule has 0 unspecified atom stereocenters. The van der Waals surface area contributed by atoms with Crippen molar-refractivity contribution in [1.29, 1.82) is 0 Å². The van der Waals surface area contributed by atoms with E-state index in [9.17, 15) is 0 Å². The number of benzene rings is 6. The second-order valence-electron chi connectivity index (χ2n) is 12.1. The number of nitrogens with zero attached hydrogens (tertiary/aromatic N) is 4. The first kappa shape index (κ1) is 24.9. The van der Waals surface area contributed by atoms with Crippen LogP contribution in [0.1, 0.15) is 25.0 Å². The van der Waals surface area contributed by atoms with Crippen LogP contribution in [0.25, 0.3) is 72.4 Å². The molecule has 0 fully saturated rings. The number of rotatable bonds is 3. The highest BCUT2D eigenvalue weighted by atomic mass is 15.2. The molecule has 0 atom stereocenters. The molecule has 0 aliphatic heterocycles. The molecular formula is C40H28N4. The van der Waals surface area contributed by atoms with Gasteiger partial charge in [0.15, 0.2) is 11.6 Å². The summed E-state index contributed by atoms with van der Waals surface area (Å²) < 4.78 is 2.29. The zero-order chi connectivity index (χ0) is 29.4. The number of hydrogen-bond acceptors (Lipinski definition) is 3. The average Bonchev–Trinajstić information content (AvgIpc) is 3.55. The largest absolute Gasteiger partial charge is 0.277 e. The van der Waals surface area contributed by atoms with E-state index in [0.717, 1.165) is 22.2 Å². The molecular weight excluding hydrogens is 536 g/mol. The molecule has 0 spiro atoms. The highest BCUT2D eigenvalue weighted by molar-refractivity contribution is 6.27. The maximum atomic E-state index is 5.21. The van der Waals surface area contributed by atoms with E-state index in [2.05, 4.69) is 115 Å². The first-order chi connectivity index (χ1) is 21.6. The lowest BCUT2D eigenvalue weighted by Crippen LogP contribution is -2.15. The third-order valence-corrected chi connectivity index (χ3v) is 9.21. The Labute approximate surface area is 255 Å². The van der Waals surface area contributed by atoms with E-state index in [0.29, 0.717) is 17.6 Å². The zero-order valence-corrected chi connectivity index (χ0v) is 24.5. The first-order valence-electron chi connectivity index (χ1n) is 15.1. The third kappa shape index (κ3) is 3.42. The third-order valence-electron chi connectivity index (χ3n) is 9.21. The van der Waals surface area contributed by atoms with Crippen LogP contribution in [0.2, 0.25) is 0 Å². The summed E-state index contributed by atoms with van der Waals surface area (Å²) in [5.74, 6) is 1.92. The van der Waals surface area contributed by atoms with Crippen LogP contribution in [-0.4, -0.2) is 19.5 Å². The topological polar surface area (TPSA) is 43.6 Å². The summed E-state index contributed by atoms with van der Waals surface area (Å²) in [4.78, 5) is 15.4. The molecule has 2 heterocycles. The van der Waals surface area contributed by atoms with Crippen molar-refractivity contribution in [2.24, 2.45) is 0 Å². The van der Waals surface area contributed by atoms with Crippen molar-refractivity contribution in [3.63, 3.8) is 0 Å². The van der Waals surface area contributed by atoms with Gasteiger partial charge < -0.3 is 0 Å². The summed E-state index contributed by atoms with van der Waals surface area (Å²) in [5.41, 5.74) is 9.18. The Morgan fingerprint density at radius 1 is 0.523 bits per heavy atom. The second-order valence-corrected chi connectivity index (χ2v) is 12.1. The lowest BCUT2D eigenvalue weighted by atomic mass is 9.79. The Morgan fingerprint density at radius 2 is 1.07 bits per heavy atom. The van der Waals surface area contributed by atoms with Crippen LogP contribution in [0.15, 0.2) is 133 Å². The lowest BCUT2D eigenvalue weighted by molar-refractivity contribution is 0.666. The van der Waals surface area contributed by atoms with Gasteiger partial charge in [0.2, 0.25) is 5.95 Å². The van der Waals surface area contributed by atoms with E-state index >= 15 is 0 Å². The Kier molecular flexibility index (Phi) is 5.21. The lowest BCUT2D eigenvalue weighted by Gasteiger charge is -2.23. The van der Waals surface area contributed by atoms with Crippen LogP contribution in [-0.2, 0) is 5.41 Å². The molecule has 0 saturated carbocycles. The quantitative estimate of drug-likeness (QED) is 0.215. The summed E-state index contributed by atoms with van der Waals surface area (Å²) in [7, 11) is 0. The van der Waals surface area contributed by atoms with Crippen LogP contribution in [0.3, 0.4) is 0 Å². The number of aromatic nitrogens is 4. The van der Waals surface area contributed by atoms with E-state index in [4.69, 9.17) is 15.0 Å². The summed E-state index contributed by atoms with van der Waals surface area (Å²) in [6.45, 7) is 4.71. The smallest absolute Gasteiger partial charge is 0.238 e. The van der Waals surface area contributed by atoms with E-state index in [1.807, 2.05) is 36.4 Å². The highest BCUT2D eigenvalue weighted by Gasteiger charge is 2.39. The van der Waals surface area contributed by atoms with Crippen molar-refractivity contribution in [1.82, 2.24) is 19.5 Å². The normalized spacial score (nSPS) is 13.4. The van der Waals surface area contributed by atoms with Crippen LogP contribution >= 0.6 is 0 Å². The zero-order valence-electron chi connectivity index (χ0n) is 24.5. The molecule has 208 valence electrons. The molecule has 0 N–H and O–H groups in total. The molecule has 0 bridgehead atoms. The Bertz CT molecular complexity index is 2350. The van der Waals surface area contributed by atoms with Crippen molar-refractivity contribution >= 4 is 32.6 Å². The molecule has 0 amide bonds. The van der Waals surface area contributed by atoms with Crippen LogP contribution in [0.4, 0.5) is 0 Å². The molecule has 0 radical (unpaired) electrons. The van der Waals surface area contributed by atoms with Crippen molar-refractivity contribution in [2.75, 3.05) is 0 Å². The molecule has 44 heavy (non-hydrogen) atoms. The molecule has 4 nitrogen and oxygen atoms in total. The van der Waals surface area contributed by atoms with Gasteiger partial charge in [0.1, 0.15) is 0 Å². The van der Waals surface area contributed by atoms with Gasteiger partial charge in [-0.1, -0.05) is 141 Å². The van der Waals surface area contributed by atoms with Crippen LogP contribution in [0.5, 0.6) is 0 Å². The summed E-state index contributed by atoms with van der Waals surface area (Å²) in [6.07, 6.45) is 0. The van der Waals surface area contributed by atoms with Crippen LogP contribution in [0, 0.1) is 0 Å². The minimum atomic E-state index is -0.176. The van der Waals surface area contributed by atoms with Gasteiger partial charge in [-0.25, -0.2) is 4.98 Å². The van der Waals surface area contributed by atoms with Crippen molar-refractivity contribution in [3.8, 4) is 39.9 Å². The van der Waals surface area contributed by atoms with Gasteiger partial charge in [-0.15, -0.1) is 0 Å². The minimum absolute atomic E-state index is 0.176. The molecule has 2 aromatic heterocycles. The fraction of sp³-hybridized carbons (Fsp3) is 0.0750. The first-order valence-corrected chi connectivity index (χ1v) is 15.1. The Balaban J connectivity index is 1.50. The van der Waals surface area contributed by atoms with Crippen molar-refractivity contribution in [2.45, 2.75) is 19.3 Å². The predicted molar refractivity (Wildman–Crippen MR) is 180 cm³/mol. The Morgan fingerprint density at radius 3 is 1.75 bits per heavy atom. The van der Waals surface area contributed by atoms with Gasteiger partial charge in [0.05, 0.1) is 11.0 Å². The van der Waals surface area contributed by atoms with Crippen molar-refractivity contribution in [3.05, 3.63) is 145 Å². The molecule has 1 aliphatic carbocycles. The molecule has 4 heteroatoms. The van der Waals surface area contributed by atoms with Gasteiger partial charge in [0.25, 0.3) is 0 Å². The van der Waals surface area contributed by atoms with Crippen molar-refractivity contribution < 1.29 is 0 Å². The van der Waals surface area contributed by atoms with Gasteiger partial charge in [-0.3, -0.25) is 4.57 Å². The van der Waals surface area contributed by atoms with E-state index in [1.165, 1.54) is 43.8 Å². The summed E-state index contributed by atoms with van der Waals surface area (Å²) in [5, 5.41) is 4.96. The summed E-state index contributed by atoms with van der Waals surface area (Å²) >= 11 is 0. The molecule has 1 aliphatic rings. The van der Waals surface area contributed by atoms with Gasteiger partial charge in [-0.05, 0) is 33.5 Å². The average molecular weight is 565 g/mol. The fourth-order valence-electron chi connectivity index (χ4n) is 7.32. The van der Waals surface area contributed by atoms with Gasteiger partial charge >= 0.3 is 0 Å². The molecule has 9 rings (SSSR count).